The van der Waals surface area contributed by atoms with Crippen molar-refractivity contribution in [1.29, 1.82) is 0 Å². The summed E-state index contributed by atoms with van der Waals surface area (Å²) in [4.78, 5) is 10.3. The standard InChI is InChI=1S/C6H6F6O4S/c1-16-3(13)4(7,8)5(9,10)6(11,12)17(2,14)15/h1-2H3. The normalized spacial score (nSPS) is 14.6. The zero-order valence-electron chi connectivity index (χ0n) is 8.31. The van der Waals surface area contributed by atoms with E-state index in [2.05, 4.69) is 4.74 Å². The fourth-order valence-electron chi connectivity index (χ4n) is 0.672. The molecule has 0 aliphatic rings. The van der Waals surface area contributed by atoms with Crippen LogP contribution in [0.15, 0.2) is 0 Å². The zero-order valence-corrected chi connectivity index (χ0v) is 9.13. The number of hydrogen-bond donors (Lipinski definition) is 0. The van der Waals surface area contributed by atoms with E-state index in [1.807, 2.05) is 0 Å². The van der Waals surface area contributed by atoms with Crippen molar-refractivity contribution in [3.63, 3.8) is 0 Å². The molecule has 0 fully saturated rings. The second-order valence-corrected chi connectivity index (χ2v) is 4.99. The Balaban J connectivity index is 5.81. The third-order valence-electron chi connectivity index (χ3n) is 1.67. The summed E-state index contributed by atoms with van der Waals surface area (Å²) in [5, 5.41) is -6.11. The lowest BCUT2D eigenvalue weighted by molar-refractivity contribution is -0.277. The number of methoxy groups -OCH3 is 1. The van der Waals surface area contributed by atoms with Crippen molar-refractivity contribution in [2.24, 2.45) is 0 Å². The zero-order chi connectivity index (χ0) is 14.3. The largest absolute Gasteiger partial charge is 0.464 e. The highest BCUT2D eigenvalue weighted by Crippen LogP contribution is 2.48. The second-order valence-electron chi connectivity index (χ2n) is 2.93. The van der Waals surface area contributed by atoms with E-state index in [4.69, 9.17) is 0 Å². The highest BCUT2D eigenvalue weighted by molar-refractivity contribution is 7.91. The highest BCUT2D eigenvalue weighted by Gasteiger charge is 2.79. The lowest BCUT2D eigenvalue weighted by Crippen LogP contribution is -2.60. The van der Waals surface area contributed by atoms with E-state index < -0.39 is 32.9 Å². The molecule has 0 saturated carbocycles. The Morgan fingerprint density at radius 1 is 1.06 bits per heavy atom. The van der Waals surface area contributed by atoms with Crippen LogP contribution in [0.4, 0.5) is 26.3 Å². The van der Waals surface area contributed by atoms with Gasteiger partial charge in [-0.25, -0.2) is 13.2 Å². The Morgan fingerprint density at radius 3 is 1.65 bits per heavy atom. The maximum Gasteiger partial charge on any atom is 0.413 e. The number of carbonyl (C=O) groups excluding carboxylic acids is 1. The van der Waals surface area contributed by atoms with E-state index in [1.165, 1.54) is 0 Å². The molecule has 0 atom stereocenters. The summed E-state index contributed by atoms with van der Waals surface area (Å²) >= 11 is 0. The molecule has 102 valence electrons. The molecular formula is C6H6F6O4S. The summed E-state index contributed by atoms with van der Waals surface area (Å²) in [5.74, 6) is -15.4. The van der Waals surface area contributed by atoms with Gasteiger partial charge in [-0.15, -0.1) is 0 Å². The van der Waals surface area contributed by atoms with E-state index in [0.717, 1.165) is 0 Å². The molecule has 0 aromatic carbocycles. The number of ether oxygens (including phenoxy) is 1. The summed E-state index contributed by atoms with van der Waals surface area (Å²) in [7, 11) is -5.60. The molecule has 0 aliphatic heterocycles. The number of rotatable bonds is 4. The van der Waals surface area contributed by atoms with Crippen LogP contribution in [-0.4, -0.2) is 44.9 Å². The number of alkyl halides is 6. The van der Waals surface area contributed by atoms with Gasteiger partial charge in [0.1, 0.15) is 0 Å². The topological polar surface area (TPSA) is 60.4 Å². The fraction of sp³-hybridized carbons (Fsp3) is 0.833. The van der Waals surface area contributed by atoms with Crippen LogP contribution in [0.2, 0.25) is 0 Å². The van der Waals surface area contributed by atoms with E-state index in [-0.39, 0.29) is 13.4 Å². The summed E-state index contributed by atoms with van der Waals surface area (Å²) < 4.78 is 100. The predicted molar refractivity (Wildman–Crippen MR) is 41.7 cm³/mol. The predicted octanol–water partition coefficient (Wildman–Crippen LogP) is 1.07. The number of hydrogen-bond acceptors (Lipinski definition) is 4. The van der Waals surface area contributed by atoms with E-state index >= 15 is 0 Å². The molecule has 0 rings (SSSR count). The molecule has 0 aromatic rings. The van der Waals surface area contributed by atoms with Gasteiger partial charge in [0.2, 0.25) is 9.84 Å². The van der Waals surface area contributed by atoms with Gasteiger partial charge in [-0.05, 0) is 0 Å². The second kappa shape index (κ2) is 4.03. The van der Waals surface area contributed by atoms with Crippen LogP contribution >= 0.6 is 0 Å². The first kappa shape index (κ1) is 16.0. The Kier molecular flexibility index (Phi) is 3.80. The molecule has 0 saturated heterocycles. The number of halogens is 6. The SMILES string of the molecule is COC(=O)C(F)(F)C(F)(F)C(F)(F)S(C)(=O)=O. The molecule has 0 amide bonds. The van der Waals surface area contributed by atoms with Crippen LogP contribution in [0.25, 0.3) is 0 Å². The van der Waals surface area contributed by atoms with Crippen molar-refractivity contribution in [2.45, 2.75) is 17.1 Å². The molecular weight excluding hydrogens is 282 g/mol. The third-order valence-corrected chi connectivity index (χ3v) is 2.86. The minimum atomic E-state index is -6.43. The van der Waals surface area contributed by atoms with Crippen LogP contribution in [0.5, 0.6) is 0 Å². The van der Waals surface area contributed by atoms with Crippen LogP contribution in [-0.2, 0) is 19.4 Å². The molecule has 0 radical (unpaired) electrons. The van der Waals surface area contributed by atoms with Crippen molar-refractivity contribution in [2.75, 3.05) is 13.4 Å². The van der Waals surface area contributed by atoms with Crippen LogP contribution in [0.1, 0.15) is 0 Å². The summed E-state index contributed by atoms with van der Waals surface area (Å²) in [5.41, 5.74) is 0. The molecule has 0 spiro atoms. The Labute approximate surface area is 91.5 Å². The number of esters is 1. The minimum absolute atomic E-state index is 0.255. The average Bonchev–Trinajstić information content (AvgIpc) is 2.13. The summed E-state index contributed by atoms with van der Waals surface area (Å²) in [6, 6.07) is 0. The van der Waals surface area contributed by atoms with Crippen LogP contribution in [0.3, 0.4) is 0 Å². The molecule has 0 unspecified atom stereocenters. The van der Waals surface area contributed by atoms with Gasteiger partial charge in [0.05, 0.1) is 7.11 Å². The molecule has 0 bridgehead atoms. The van der Waals surface area contributed by atoms with Gasteiger partial charge < -0.3 is 4.74 Å². The first-order valence-electron chi connectivity index (χ1n) is 3.65. The Hall–Kier alpha value is -1.00. The quantitative estimate of drug-likeness (QED) is 0.573. The van der Waals surface area contributed by atoms with Crippen molar-refractivity contribution >= 4 is 15.8 Å². The first-order chi connectivity index (χ1) is 7.23. The molecule has 0 aliphatic carbocycles. The minimum Gasteiger partial charge on any atom is -0.464 e. The smallest absolute Gasteiger partial charge is 0.413 e. The lowest BCUT2D eigenvalue weighted by atomic mass is 10.2. The molecule has 0 N–H and O–H groups in total. The van der Waals surface area contributed by atoms with Gasteiger partial charge in [0.25, 0.3) is 0 Å². The molecule has 11 heteroatoms. The average molecular weight is 288 g/mol. The highest BCUT2D eigenvalue weighted by atomic mass is 32.2. The summed E-state index contributed by atoms with van der Waals surface area (Å²) in [6.45, 7) is 0. The maximum absolute atomic E-state index is 12.7. The lowest BCUT2D eigenvalue weighted by Gasteiger charge is -2.29. The van der Waals surface area contributed by atoms with Gasteiger partial charge >= 0.3 is 23.1 Å². The van der Waals surface area contributed by atoms with Crippen molar-refractivity contribution in [3.8, 4) is 0 Å². The Morgan fingerprint density at radius 2 is 1.41 bits per heavy atom. The van der Waals surface area contributed by atoms with Gasteiger partial charge in [-0.2, -0.15) is 26.3 Å². The third kappa shape index (κ3) is 2.19. The van der Waals surface area contributed by atoms with Gasteiger partial charge in [-0.3, -0.25) is 0 Å². The molecule has 17 heavy (non-hydrogen) atoms. The van der Waals surface area contributed by atoms with Crippen molar-refractivity contribution in [3.05, 3.63) is 0 Å². The Bertz CT molecular complexity index is 414. The van der Waals surface area contributed by atoms with Crippen molar-refractivity contribution < 1.29 is 44.3 Å². The van der Waals surface area contributed by atoms with Crippen LogP contribution < -0.4 is 0 Å². The van der Waals surface area contributed by atoms with E-state index in [1.54, 1.807) is 0 Å². The molecule has 0 aromatic heterocycles. The van der Waals surface area contributed by atoms with Gasteiger partial charge in [0.15, 0.2) is 0 Å². The fourth-order valence-corrected chi connectivity index (χ4v) is 1.27. The number of carbonyl (C=O) groups is 1. The number of sulfone groups is 1. The molecule has 0 heterocycles. The van der Waals surface area contributed by atoms with E-state index in [9.17, 15) is 39.6 Å². The van der Waals surface area contributed by atoms with Gasteiger partial charge in [-0.1, -0.05) is 0 Å². The first-order valence-corrected chi connectivity index (χ1v) is 5.54. The van der Waals surface area contributed by atoms with E-state index in [0.29, 0.717) is 0 Å². The maximum atomic E-state index is 12.7. The van der Waals surface area contributed by atoms with Crippen LogP contribution in [0, 0.1) is 0 Å². The summed E-state index contributed by atoms with van der Waals surface area (Å²) in [6.07, 6.45) is -0.367. The van der Waals surface area contributed by atoms with Crippen molar-refractivity contribution in [1.82, 2.24) is 0 Å². The molecule has 4 nitrogen and oxygen atoms in total. The monoisotopic (exact) mass is 288 g/mol. The van der Waals surface area contributed by atoms with Gasteiger partial charge in [0, 0.05) is 6.26 Å².